The van der Waals surface area contributed by atoms with E-state index in [2.05, 4.69) is 27.4 Å². The van der Waals surface area contributed by atoms with Crippen molar-refractivity contribution in [3.8, 4) is 22.0 Å². The molecule has 106 valence electrons. The highest BCUT2D eigenvalue weighted by molar-refractivity contribution is 7.19. The molecule has 0 radical (unpaired) electrons. The molecule has 0 aliphatic rings. The zero-order chi connectivity index (χ0) is 14.4. The highest BCUT2D eigenvalue weighted by atomic mass is 32.1. The lowest BCUT2D eigenvalue weighted by Gasteiger charge is -1.94. The Bertz CT molecular complexity index is 903. The average molecular weight is 317 g/mol. The Morgan fingerprint density at radius 2 is 2.24 bits per heavy atom. The van der Waals surface area contributed by atoms with Crippen LogP contribution in [0.3, 0.4) is 0 Å². The third-order valence-electron chi connectivity index (χ3n) is 3.25. The molecule has 0 unspecified atom stereocenters. The normalized spacial score (nSPS) is 11.5. The Balaban J connectivity index is 1.90. The molecule has 0 fully saturated rings. The van der Waals surface area contributed by atoms with E-state index in [4.69, 9.17) is 4.52 Å². The van der Waals surface area contributed by atoms with Gasteiger partial charge in [0.15, 0.2) is 10.8 Å². The van der Waals surface area contributed by atoms with E-state index in [0.717, 1.165) is 44.8 Å². The number of nitrogens with zero attached hydrogens (tertiary/aromatic N) is 5. The maximum absolute atomic E-state index is 5.29. The fourth-order valence-electron chi connectivity index (χ4n) is 2.22. The summed E-state index contributed by atoms with van der Waals surface area (Å²) in [6, 6.07) is 2.02. The van der Waals surface area contributed by atoms with Crippen LogP contribution in [-0.2, 0) is 6.42 Å². The fourth-order valence-corrected chi connectivity index (χ4v) is 3.81. The van der Waals surface area contributed by atoms with Crippen molar-refractivity contribution in [2.75, 3.05) is 0 Å². The molecule has 0 aromatic carbocycles. The average Bonchev–Trinajstić information content (AvgIpc) is 3.20. The second-order valence-electron chi connectivity index (χ2n) is 4.55. The number of aromatic nitrogens is 5. The van der Waals surface area contributed by atoms with Gasteiger partial charge in [0, 0.05) is 10.9 Å². The van der Waals surface area contributed by atoms with Gasteiger partial charge in [-0.2, -0.15) is 21.0 Å². The second-order valence-corrected chi connectivity index (χ2v) is 6.29. The van der Waals surface area contributed by atoms with Crippen molar-refractivity contribution in [3.63, 3.8) is 0 Å². The van der Waals surface area contributed by atoms with Crippen LogP contribution < -0.4 is 0 Å². The van der Waals surface area contributed by atoms with Crippen molar-refractivity contribution in [2.24, 2.45) is 0 Å². The molecular formula is C13H11N5OS2. The standard InChI is InChI=1S/C13H11N5OS2/c1-3-9-10(7(2)19-17-9)12-16-18-11(8-4-5-20-6-8)14-15-13(18)21-12/h4-6H,3H2,1-2H3. The van der Waals surface area contributed by atoms with Crippen LogP contribution in [0.1, 0.15) is 18.4 Å². The minimum atomic E-state index is 0.765. The number of thiophene rings is 1. The van der Waals surface area contributed by atoms with Crippen LogP contribution >= 0.6 is 22.7 Å². The molecule has 4 aromatic rings. The highest BCUT2D eigenvalue weighted by Gasteiger charge is 2.20. The van der Waals surface area contributed by atoms with Crippen LogP contribution in [-0.4, -0.2) is 25.0 Å². The van der Waals surface area contributed by atoms with Crippen molar-refractivity contribution >= 4 is 27.6 Å². The van der Waals surface area contributed by atoms with E-state index in [0.29, 0.717) is 0 Å². The van der Waals surface area contributed by atoms with Crippen molar-refractivity contribution in [3.05, 3.63) is 28.3 Å². The Labute approximate surface area is 128 Å². The lowest BCUT2D eigenvalue weighted by molar-refractivity contribution is 0.391. The molecule has 0 atom stereocenters. The molecule has 4 aromatic heterocycles. The van der Waals surface area contributed by atoms with E-state index >= 15 is 0 Å². The zero-order valence-electron chi connectivity index (χ0n) is 11.4. The van der Waals surface area contributed by atoms with E-state index in [1.807, 2.05) is 23.8 Å². The zero-order valence-corrected chi connectivity index (χ0v) is 13.0. The Morgan fingerprint density at radius 3 is 3.00 bits per heavy atom. The molecule has 0 aliphatic carbocycles. The summed E-state index contributed by atoms with van der Waals surface area (Å²) >= 11 is 3.13. The van der Waals surface area contributed by atoms with Crippen LogP contribution in [0.25, 0.3) is 26.9 Å². The van der Waals surface area contributed by atoms with E-state index in [-0.39, 0.29) is 0 Å². The topological polar surface area (TPSA) is 69.1 Å². The fraction of sp³-hybridized carbons (Fsp3) is 0.231. The van der Waals surface area contributed by atoms with Crippen LogP contribution in [0.2, 0.25) is 0 Å². The first-order valence-electron chi connectivity index (χ1n) is 6.48. The molecule has 0 bridgehead atoms. The summed E-state index contributed by atoms with van der Waals surface area (Å²) in [7, 11) is 0. The molecule has 8 heteroatoms. The molecule has 21 heavy (non-hydrogen) atoms. The van der Waals surface area contributed by atoms with E-state index in [1.54, 1.807) is 15.9 Å². The van der Waals surface area contributed by atoms with Gasteiger partial charge in [0.25, 0.3) is 0 Å². The number of aryl methyl sites for hydroxylation is 2. The molecule has 6 nitrogen and oxygen atoms in total. The predicted octanol–water partition coefficient (Wildman–Crippen LogP) is 3.44. The summed E-state index contributed by atoms with van der Waals surface area (Å²) in [6.45, 7) is 3.96. The summed E-state index contributed by atoms with van der Waals surface area (Å²) in [6.07, 6.45) is 0.810. The van der Waals surface area contributed by atoms with Gasteiger partial charge in [0.1, 0.15) is 5.76 Å². The molecule has 0 saturated carbocycles. The molecule has 0 aliphatic heterocycles. The molecule has 0 amide bonds. The van der Waals surface area contributed by atoms with E-state index in [9.17, 15) is 0 Å². The Morgan fingerprint density at radius 1 is 1.33 bits per heavy atom. The van der Waals surface area contributed by atoms with Crippen LogP contribution in [0.4, 0.5) is 0 Å². The van der Waals surface area contributed by atoms with E-state index < -0.39 is 0 Å². The van der Waals surface area contributed by atoms with Crippen LogP contribution in [0.5, 0.6) is 0 Å². The first-order chi connectivity index (χ1) is 10.3. The number of hydrogen-bond donors (Lipinski definition) is 0. The van der Waals surface area contributed by atoms with Gasteiger partial charge in [-0.05, 0) is 24.8 Å². The van der Waals surface area contributed by atoms with Crippen LogP contribution in [0, 0.1) is 6.92 Å². The maximum atomic E-state index is 5.29. The van der Waals surface area contributed by atoms with Crippen molar-refractivity contribution in [1.29, 1.82) is 0 Å². The molecule has 0 spiro atoms. The summed E-state index contributed by atoms with van der Waals surface area (Å²) in [5.74, 6) is 1.55. The SMILES string of the molecule is CCc1noc(C)c1-c1nn2c(-c3ccsc3)nnc2s1. The number of fused-ring (bicyclic) bond motifs is 1. The lowest BCUT2D eigenvalue weighted by Crippen LogP contribution is -1.91. The van der Waals surface area contributed by atoms with Gasteiger partial charge in [-0.15, -0.1) is 10.2 Å². The minimum absolute atomic E-state index is 0.765. The molecule has 4 heterocycles. The largest absolute Gasteiger partial charge is 0.361 e. The molecular weight excluding hydrogens is 306 g/mol. The van der Waals surface area contributed by atoms with Gasteiger partial charge in [0.05, 0.1) is 11.3 Å². The van der Waals surface area contributed by atoms with Crippen molar-refractivity contribution in [2.45, 2.75) is 20.3 Å². The third kappa shape index (κ3) is 1.90. The third-order valence-corrected chi connectivity index (χ3v) is 4.85. The van der Waals surface area contributed by atoms with Gasteiger partial charge in [-0.1, -0.05) is 23.4 Å². The van der Waals surface area contributed by atoms with Crippen molar-refractivity contribution in [1.82, 2.24) is 25.0 Å². The smallest absolute Gasteiger partial charge is 0.235 e. The monoisotopic (exact) mass is 317 g/mol. The van der Waals surface area contributed by atoms with Gasteiger partial charge in [0.2, 0.25) is 4.96 Å². The van der Waals surface area contributed by atoms with Gasteiger partial charge in [-0.25, -0.2) is 0 Å². The maximum Gasteiger partial charge on any atom is 0.235 e. The van der Waals surface area contributed by atoms with Crippen molar-refractivity contribution < 1.29 is 4.52 Å². The molecule has 0 N–H and O–H groups in total. The summed E-state index contributed by atoms with van der Waals surface area (Å²) in [5.41, 5.74) is 2.93. The highest BCUT2D eigenvalue weighted by Crippen LogP contribution is 2.32. The predicted molar refractivity (Wildman–Crippen MR) is 81.6 cm³/mol. The van der Waals surface area contributed by atoms with Gasteiger partial charge < -0.3 is 4.52 Å². The molecule has 4 rings (SSSR count). The molecule has 0 saturated heterocycles. The van der Waals surface area contributed by atoms with Gasteiger partial charge in [-0.3, -0.25) is 0 Å². The summed E-state index contributed by atoms with van der Waals surface area (Å²) < 4.78 is 7.07. The summed E-state index contributed by atoms with van der Waals surface area (Å²) in [5, 5.41) is 22.1. The van der Waals surface area contributed by atoms with Gasteiger partial charge >= 0.3 is 0 Å². The number of hydrogen-bond acceptors (Lipinski definition) is 7. The number of rotatable bonds is 3. The van der Waals surface area contributed by atoms with Crippen LogP contribution in [0.15, 0.2) is 21.3 Å². The lowest BCUT2D eigenvalue weighted by atomic mass is 10.2. The second kappa shape index (κ2) is 4.74. The van der Waals surface area contributed by atoms with E-state index in [1.165, 1.54) is 11.3 Å². The summed E-state index contributed by atoms with van der Waals surface area (Å²) in [4.78, 5) is 0.772. The minimum Gasteiger partial charge on any atom is -0.361 e. The first kappa shape index (κ1) is 12.7. The Hall–Kier alpha value is -2.06. The quantitative estimate of drug-likeness (QED) is 0.579. The first-order valence-corrected chi connectivity index (χ1v) is 8.24. The Kier molecular flexibility index (Phi) is 2.86.